The van der Waals surface area contributed by atoms with Gasteiger partial charge >= 0.3 is 5.97 Å². The van der Waals surface area contributed by atoms with Crippen molar-refractivity contribution >= 4 is 17.8 Å². The fraction of sp³-hybridized carbons (Fsp3) is 0.265. The van der Waals surface area contributed by atoms with Crippen molar-refractivity contribution in [3.8, 4) is 28.3 Å². The summed E-state index contributed by atoms with van der Waals surface area (Å²) < 4.78 is 5.85. The SMILES string of the molecule is CCCCCCCOc1ccc(-c2cnc(-c3ccc(CC(NC(=O)c4ccc(C(N)=O)cc4)C(=O)O)cc3)nc2)cc1. The Balaban J connectivity index is 1.32. The Hall–Kier alpha value is -5.05. The molecule has 43 heavy (non-hydrogen) atoms. The number of nitrogens with zero attached hydrogens (tertiary/aromatic N) is 2. The van der Waals surface area contributed by atoms with E-state index in [4.69, 9.17) is 10.5 Å². The molecule has 0 fully saturated rings. The zero-order valence-electron chi connectivity index (χ0n) is 24.2. The van der Waals surface area contributed by atoms with Gasteiger partial charge in [0.1, 0.15) is 11.8 Å². The van der Waals surface area contributed by atoms with Gasteiger partial charge in [-0.05, 0) is 53.9 Å². The van der Waals surface area contributed by atoms with E-state index in [9.17, 15) is 19.5 Å². The molecule has 1 unspecified atom stereocenters. The van der Waals surface area contributed by atoms with Crippen LogP contribution in [0.4, 0.5) is 0 Å². The number of rotatable bonds is 15. The number of amides is 2. The minimum atomic E-state index is -1.16. The zero-order chi connectivity index (χ0) is 30.6. The number of aliphatic carboxylic acids is 1. The zero-order valence-corrected chi connectivity index (χ0v) is 24.2. The summed E-state index contributed by atoms with van der Waals surface area (Å²) in [5.74, 6) is -0.943. The van der Waals surface area contributed by atoms with Crippen molar-refractivity contribution in [2.45, 2.75) is 51.5 Å². The Morgan fingerprint density at radius 2 is 1.40 bits per heavy atom. The Bertz CT molecular complexity index is 1500. The lowest BCUT2D eigenvalue weighted by Gasteiger charge is -2.15. The molecule has 3 aromatic carbocycles. The molecule has 4 aromatic rings. The lowest BCUT2D eigenvalue weighted by molar-refractivity contribution is -0.139. The third-order valence-corrected chi connectivity index (χ3v) is 7.04. The van der Waals surface area contributed by atoms with Crippen molar-refractivity contribution in [3.05, 3.63) is 102 Å². The molecule has 0 saturated carbocycles. The van der Waals surface area contributed by atoms with E-state index in [1.165, 1.54) is 49.9 Å². The fourth-order valence-electron chi connectivity index (χ4n) is 4.52. The van der Waals surface area contributed by atoms with Gasteiger partial charge in [-0.1, -0.05) is 69.0 Å². The molecular weight excluding hydrogens is 544 g/mol. The van der Waals surface area contributed by atoms with E-state index in [0.29, 0.717) is 5.82 Å². The number of carboxylic acid groups (broad SMARTS) is 1. The number of ether oxygens (including phenoxy) is 1. The van der Waals surface area contributed by atoms with Gasteiger partial charge < -0.3 is 20.9 Å². The van der Waals surface area contributed by atoms with E-state index in [1.54, 1.807) is 24.5 Å². The van der Waals surface area contributed by atoms with Gasteiger partial charge in [-0.25, -0.2) is 14.8 Å². The number of nitrogens with two attached hydrogens (primary N) is 1. The molecule has 0 aliphatic heterocycles. The summed E-state index contributed by atoms with van der Waals surface area (Å²) in [5.41, 5.74) is 9.09. The van der Waals surface area contributed by atoms with Gasteiger partial charge in [0.2, 0.25) is 5.91 Å². The number of benzene rings is 3. The maximum atomic E-state index is 12.6. The number of hydrogen-bond acceptors (Lipinski definition) is 6. The van der Waals surface area contributed by atoms with Crippen molar-refractivity contribution in [2.75, 3.05) is 6.61 Å². The van der Waals surface area contributed by atoms with Crippen LogP contribution < -0.4 is 15.8 Å². The minimum absolute atomic E-state index is 0.0824. The first-order valence-electron chi connectivity index (χ1n) is 14.4. The van der Waals surface area contributed by atoms with Crippen molar-refractivity contribution in [2.24, 2.45) is 5.73 Å². The summed E-state index contributed by atoms with van der Waals surface area (Å²) in [6.07, 6.45) is 9.63. The topological polar surface area (TPSA) is 144 Å². The molecule has 4 rings (SSSR count). The molecular formula is C34H36N4O5. The third-order valence-electron chi connectivity index (χ3n) is 7.04. The van der Waals surface area contributed by atoms with Crippen LogP contribution in [0.5, 0.6) is 5.75 Å². The molecule has 0 aliphatic carbocycles. The maximum absolute atomic E-state index is 12.6. The Kier molecular flexibility index (Phi) is 11.0. The average Bonchev–Trinajstić information content (AvgIpc) is 3.03. The molecule has 1 heterocycles. The molecule has 4 N–H and O–H groups in total. The average molecular weight is 581 g/mol. The molecule has 9 heteroatoms. The standard InChI is InChI=1S/C34H36N4O5/c1-2-3-4-5-6-19-43-29-17-15-24(16-18-29)28-21-36-32(37-22-28)26-9-7-23(8-10-26)20-30(34(41)42)38-33(40)27-13-11-25(12-14-27)31(35)39/h7-18,21-22,30H,2-6,19-20H2,1H3,(H2,35,39)(H,38,40)(H,41,42). The van der Waals surface area contributed by atoms with E-state index >= 15 is 0 Å². The Labute approximate surface area is 251 Å². The summed E-state index contributed by atoms with van der Waals surface area (Å²) in [5, 5.41) is 12.2. The quantitative estimate of drug-likeness (QED) is 0.153. The molecule has 1 aromatic heterocycles. The van der Waals surface area contributed by atoms with Gasteiger partial charge in [-0.2, -0.15) is 0 Å². The van der Waals surface area contributed by atoms with Gasteiger partial charge in [0.25, 0.3) is 5.91 Å². The van der Waals surface area contributed by atoms with E-state index in [0.717, 1.165) is 41.0 Å². The van der Waals surface area contributed by atoms with Gasteiger partial charge in [0, 0.05) is 41.1 Å². The number of primary amides is 1. The van der Waals surface area contributed by atoms with Gasteiger partial charge in [-0.15, -0.1) is 0 Å². The highest BCUT2D eigenvalue weighted by atomic mass is 16.5. The molecule has 9 nitrogen and oxygen atoms in total. The first kappa shape index (κ1) is 30.9. The van der Waals surface area contributed by atoms with Gasteiger partial charge in [-0.3, -0.25) is 9.59 Å². The van der Waals surface area contributed by atoms with Gasteiger partial charge in [0.05, 0.1) is 6.61 Å². The fourth-order valence-corrected chi connectivity index (χ4v) is 4.52. The highest BCUT2D eigenvalue weighted by Crippen LogP contribution is 2.24. The second kappa shape index (κ2) is 15.3. The second-order valence-electron chi connectivity index (χ2n) is 10.3. The first-order valence-corrected chi connectivity index (χ1v) is 14.4. The summed E-state index contributed by atoms with van der Waals surface area (Å²) in [7, 11) is 0. The number of carbonyl (C=O) groups is 3. The molecule has 0 radical (unpaired) electrons. The van der Waals surface area contributed by atoms with E-state index < -0.39 is 23.8 Å². The van der Waals surface area contributed by atoms with Gasteiger partial charge in [0.15, 0.2) is 5.82 Å². The third kappa shape index (κ3) is 8.97. The van der Waals surface area contributed by atoms with Crippen LogP contribution in [0, 0.1) is 0 Å². The number of unbranched alkanes of at least 4 members (excludes halogenated alkanes) is 4. The van der Waals surface area contributed by atoms with E-state index in [2.05, 4.69) is 22.2 Å². The lowest BCUT2D eigenvalue weighted by Crippen LogP contribution is -2.42. The van der Waals surface area contributed by atoms with Crippen LogP contribution in [0.2, 0.25) is 0 Å². The monoisotopic (exact) mass is 580 g/mol. The van der Waals surface area contributed by atoms with Crippen LogP contribution in [0.3, 0.4) is 0 Å². The molecule has 0 bridgehead atoms. The number of aromatic nitrogens is 2. The predicted octanol–water partition coefficient (Wildman–Crippen LogP) is 5.68. The van der Waals surface area contributed by atoms with Crippen molar-refractivity contribution in [3.63, 3.8) is 0 Å². The highest BCUT2D eigenvalue weighted by molar-refractivity contribution is 5.98. The van der Waals surface area contributed by atoms with Crippen LogP contribution in [-0.2, 0) is 11.2 Å². The number of carbonyl (C=O) groups excluding carboxylic acids is 2. The second-order valence-corrected chi connectivity index (χ2v) is 10.3. The molecule has 1 atom stereocenters. The summed E-state index contributed by atoms with van der Waals surface area (Å²) in [4.78, 5) is 44.7. The minimum Gasteiger partial charge on any atom is -0.494 e. The van der Waals surface area contributed by atoms with E-state index in [1.807, 2.05) is 36.4 Å². The predicted molar refractivity (Wildman–Crippen MR) is 165 cm³/mol. The van der Waals surface area contributed by atoms with Crippen molar-refractivity contribution in [1.82, 2.24) is 15.3 Å². The normalized spacial score (nSPS) is 11.5. The number of nitrogens with one attached hydrogen (secondary N) is 1. The van der Waals surface area contributed by atoms with Crippen LogP contribution >= 0.6 is 0 Å². The van der Waals surface area contributed by atoms with Crippen molar-refractivity contribution < 1.29 is 24.2 Å². The largest absolute Gasteiger partial charge is 0.494 e. The van der Waals surface area contributed by atoms with Crippen LogP contribution in [0.1, 0.15) is 65.3 Å². The van der Waals surface area contributed by atoms with Crippen LogP contribution in [0.25, 0.3) is 22.5 Å². The molecule has 2 amide bonds. The lowest BCUT2D eigenvalue weighted by atomic mass is 10.0. The maximum Gasteiger partial charge on any atom is 0.326 e. The Morgan fingerprint density at radius 1 is 0.791 bits per heavy atom. The summed E-state index contributed by atoms with van der Waals surface area (Å²) >= 11 is 0. The van der Waals surface area contributed by atoms with E-state index in [-0.39, 0.29) is 17.5 Å². The van der Waals surface area contributed by atoms with Crippen LogP contribution in [0.15, 0.2) is 85.2 Å². The smallest absolute Gasteiger partial charge is 0.326 e. The first-order chi connectivity index (χ1) is 20.8. The Morgan fingerprint density at radius 3 is 2.00 bits per heavy atom. The molecule has 0 aliphatic rings. The number of carboxylic acids is 1. The van der Waals surface area contributed by atoms with Crippen LogP contribution in [-0.4, -0.2) is 45.5 Å². The number of hydrogen-bond donors (Lipinski definition) is 3. The summed E-state index contributed by atoms with van der Waals surface area (Å²) in [6, 6.07) is 19.7. The molecule has 0 saturated heterocycles. The highest BCUT2D eigenvalue weighted by Gasteiger charge is 2.21. The molecule has 222 valence electrons. The molecule has 0 spiro atoms. The van der Waals surface area contributed by atoms with Crippen molar-refractivity contribution in [1.29, 1.82) is 0 Å². The summed E-state index contributed by atoms with van der Waals surface area (Å²) in [6.45, 7) is 2.93.